The van der Waals surface area contributed by atoms with Crippen LogP contribution in [0.15, 0.2) is 72.8 Å². The fourth-order valence-corrected chi connectivity index (χ4v) is 4.13. The molecule has 3 aromatic rings. The second-order valence-corrected chi connectivity index (χ2v) is 9.21. The van der Waals surface area contributed by atoms with Crippen LogP contribution < -0.4 is 14.8 Å². The van der Waals surface area contributed by atoms with Crippen molar-refractivity contribution in [2.45, 2.75) is 52.6 Å². The highest BCUT2D eigenvalue weighted by molar-refractivity contribution is 5.88. The highest BCUT2D eigenvalue weighted by atomic mass is 16.5. The molecule has 3 rings (SSSR count). The van der Waals surface area contributed by atoms with E-state index in [1.54, 1.807) is 12.0 Å². The third-order valence-electron chi connectivity index (χ3n) is 6.49. The van der Waals surface area contributed by atoms with Gasteiger partial charge in [-0.25, -0.2) is 0 Å². The van der Waals surface area contributed by atoms with Crippen molar-refractivity contribution in [2.24, 2.45) is 0 Å². The third kappa shape index (κ3) is 8.10. The SMILES string of the molecule is CCCCNC(=O)C(Cc1ccccc1)N(Cc1cccc(OC)c1)C(=O)COc1cccc(C)c1C. The molecule has 0 spiro atoms. The minimum absolute atomic E-state index is 0.165. The Morgan fingerprint density at radius 2 is 1.68 bits per heavy atom. The Labute approximate surface area is 220 Å². The van der Waals surface area contributed by atoms with Gasteiger partial charge in [0, 0.05) is 19.5 Å². The lowest BCUT2D eigenvalue weighted by Crippen LogP contribution is -2.51. The molecule has 1 N–H and O–H groups in total. The summed E-state index contributed by atoms with van der Waals surface area (Å²) in [7, 11) is 1.61. The number of nitrogens with one attached hydrogen (secondary N) is 1. The van der Waals surface area contributed by atoms with Crippen molar-refractivity contribution < 1.29 is 19.1 Å². The van der Waals surface area contributed by atoms with Crippen LogP contribution in [0.4, 0.5) is 0 Å². The molecule has 6 nitrogen and oxygen atoms in total. The number of aryl methyl sites for hydroxylation is 1. The van der Waals surface area contributed by atoms with Crippen LogP contribution in [0, 0.1) is 13.8 Å². The van der Waals surface area contributed by atoms with Crippen molar-refractivity contribution in [1.82, 2.24) is 10.2 Å². The number of ether oxygens (including phenoxy) is 2. The molecule has 0 saturated carbocycles. The standard InChI is InChI=1S/C31H38N2O4/c1-5-6-18-32-31(35)28(20-25-13-8-7-9-14-25)33(21-26-15-11-16-27(19-26)36-4)30(34)22-37-29-17-10-12-23(2)24(29)3/h7-17,19,28H,5-6,18,20-22H2,1-4H3,(H,32,35). The summed E-state index contributed by atoms with van der Waals surface area (Å²) in [4.78, 5) is 28.8. The maximum Gasteiger partial charge on any atom is 0.261 e. The molecular formula is C31H38N2O4. The van der Waals surface area contributed by atoms with Gasteiger partial charge in [-0.1, -0.05) is 67.9 Å². The predicted molar refractivity (Wildman–Crippen MR) is 147 cm³/mol. The van der Waals surface area contributed by atoms with Crippen LogP contribution in [0.1, 0.15) is 42.0 Å². The van der Waals surface area contributed by atoms with Crippen LogP contribution >= 0.6 is 0 Å². The average Bonchev–Trinajstić information content (AvgIpc) is 2.92. The highest BCUT2D eigenvalue weighted by Gasteiger charge is 2.30. The zero-order valence-electron chi connectivity index (χ0n) is 22.3. The van der Waals surface area contributed by atoms with Crippen LogP contribution in [0.3, 0.4) is 0 Å². The zero-order chi connectivity index (χ0) is 26.6. The largest absolute Gasteiger partial charge is 0.497 e. The lowest BCUT2D eigenvalue weighted by atomic mass is 10.0. The molecule has 1 unspecified atom stereocenters. The van der Waals surface area contributed by atoms with Crippen molar-refractivity contribution in [3.05, 3.63) is 95.1 Å². The average molecular weight is 503 g/mol. The van der Waals surface area contributed by atoms with Gasteiger partial charge in [0.15, 0.2) is 6.61 Å². The molecule has 0 fully saturated rings. The molecule has 1 atom stereocenters. The van der Waals surface area contributed by atoms with Gasteiger partial charge in [-0.05, 0) is 60.7 Å². The van der Waals surface area contributed by atoms with E-state index >= 15 is 0 Å². The number of hydrogen-bond acceptors (Lipinski definition) is 4. The van der Waals surface area contributed by atoms with Crippen LogP contribution in [-0.4, -0.2) is 43.0 Å². The monoisotopic (exact) mass is 502 g/mol. The van der Waals surface area contributed by atoms with Gasteiger partial charge in [0.1, 0.15) is 17.5 Å². The second-order valence-electron chi connectivity index (χ2n) is 9.21. The minimum atomic E-state index is -0.694. The maximum absolute atomic E-state index is 13.7. The zero-order valence-corrected chi connectivity index (χ0v) is 22.3. The number of amides is 2. The molecule has 0 aliphatic rings. The Bertz CT molecular complexity index is 1160. The topological polar surface area (TPSA) is 67.9 Å². The highest BCUT2D eigenvalue weighted by Crippen LogP contribution is 2.22. The number of carbonyl (C=O) groups is 2. The van der Waals surface area contributed by atoms with Crippen molar-refractivity contribution >= 4 is 11.8 Å². The van der Waals surface area contributed by atoms with E-state index in [4.69, 9.17) is 9.47 Å². The van der Waals surface area contributed by atoms with Gasteiger partial charge in [0.25, 0.3) is 5.91 Å². The van der Waals surface area contributed by atoms with E-state index in [0.29, 0.717) is 24.5 Å². The quantitative estimate of drug-likeness (QED) is 0.324. The second kappa shape index (κ2) is 14.1. The third-order valence-corrected chi connectivity index (χ3v) is 6.49. The van der Waals surface area contributed by atoms with E-state index in [2.05, 4.69) is 12.2 Å². The first kappa shape index (κ1) is 27.8. The number of benzene rings is 3. The smallest absolute Gasteiger partial charge is 0.261 e. The van der Waals surface area contributed by atoms with Gasteiger partial charge in [-0.2, -0.15) is 0 Å². The van der Waals surface area contributed by atoms with E-state index in [-0.39, 0.29) is 25.0 Å². The molecular weight excluding hydrogens is 464 g/mol. The van der Waals surface area contributed by atoms with E-state index in [1.165, 1.54) is 0 Å². The number of methoxy groups -OCH3 is 1. The summed E-state index contributed by atoms with van der Waals surface area (Å²) in [6.07, 6.45) is 2.25. The van der Waals surface area contributed by atoms with Crippen LogP contribution in [0.5, 0.6) is 11.5 Å². The summed E-state index contributed by atoms with van der Waals surface area (Å²) in [6, 6.07) is 22.4. The summed E-state index contributed by atoms with van der Waals surface area (Å²) < 4.78 is 11.4. The molecule has 0 saturated heterocycles. The van der Waals surface area contributed by atoms with Gasteiger partial charge in [0.2, 0.25) is 5.91 Å². The molecule has 2 amide bonds. The Kier molecular flexibility index (Phi) is 10.6. The molecule has 0 heterocycles. The molecule has 37 heavy (non-hydrogen) atoms. The molecule has 3 aromatic carbocycles. The summed E-state index contributed by atoms with van der Waals surface area (Å²) in [6.45, 7) is 6.72. The number of rotatable bonds is 13. The van der Waals surface area contributed by atoms with E-state index in [1.807, 2.05) is 86.6 Å². The fraction of sp³-hybridized carbons (Fsp3) is 0.355. The normalized spacial score (nSPS) is 11.5. The number of nitrogens with zero attached hydrogens (tertiary/aromatic N) is 1. The van der Waals surface area contributed by atoms with Gasteiger partial charge in [-0.3, -0.25) is 9.59 Å². The Morgan fingerprint density at radius 3 is 2.41 bits per heavy atom. The number of carbonyl (C=O) groups excluding carboxylic acids is 2. The first-order valence-corrected chi connectivity index (χ1v) is 12.9. The minimum Gasteiger partial charge on any atom is -0.497 e. The van der Waals surface area contributed by atoms with E-state index in [0.717, 1.165) is 35.1 Å². The van der Waals surface area contributed by atoms with E-state index in [9.17, 15) is 9.59 Å². The predicted octanol–water partition coefficient (Wildman–Crippen LogP) is 5.25. The summed E-state index contributed by atoms with van der Waals surface area (Å²) in [5, 5.41) is 3.04. The van der Waals surface area contributed by atoms with Crippen molar-refractivity contribution in [3.63, 3.8) is 0 Å². The van der Waals surface area contributed by atoms with Crippen LogP contribution in [0.2, 0.25) is 0 Å². The lowest BCUT2D eigenvalue weighted by Gasteiger charge is -2.31. The fourth-order valence-electron chi connectivity index (χ4n) is 4.13. The van der Waals surface area contributed by atoms with Crippen LogP contribution in [-0.2, 0) is 22.6 Å². The number of hydrogen-bond donors (Lipinski definition) is 1. The van der Waals surface area contributed by atoms with Crippen molar-refractivity contribution in [3.8, 4) is 11.5 Å². The summed E-state index contributed by atoms with van der Waals surface area (Å²) in [5.74, 6) is 0.945. The lowest BCUT2D eigenvalue weighted by molar-refractivity contribution is -0.142. The molecule has 0 radical (unpaired) electrons. The summed E-state index contributed by atoms with van der Waals surface area (Å²) >= 11 is 0. The molecule has 6 heteroatoms. The first-order valence-electron chi connectivity index (χ1n) is 12.9. The van der Waals surface area contributed by atoms with Crippen molar-refractivity contribution in [2.75, 3.05) is 20.3 Å². The molecule has 0 aliphatic heterocycles. The van der Waals surface area contributed by atoms with Gasteiger partial charge in [-0.15, -0.1) is 0 Å². The maximum atomic E-state index is 13.7. The van der Waals surface area contributed by atoms with Crippen LogP contribution in [0.25, 0.3) is 0 Å². The van der Waals surface area contributed by atoms with Gasteiger partial charge in [0.05, 0.1) is 7.11 Å². The Balaban J connectivity index is 1.92. The van der Waals surface area contributed by atoms with E-state index < -0.39 is 6.04 Å². The summed E-state index contributed by atoms with van der Waals surface area (Å²) in [5.41, 5.74) is 3.94. The van der Waals surface area contributed by atoms with Gasteiger partial charge < -0.3 is 19.7 Å². The number of unbranched alkanes of at least 4 members (excludes halogenated alkanes) is 1. The molecule has 0 bridgehead atoms. The molecule has 0 aliphatic carbocycles. The Morgan fingerprint density at radius 1 is 0.946 bits per heavy atom. The van der Waals surface area contributed by atoms with Gasteiger partial charge >= 0.3 is 0 Å². The Hall–Kier alpha value is -3.80. The van der Waals surface area contributed by atoms with Crippen molar-refractivity contribution in [1.29, 1.82) is 0 Å². The molecule has 196 valence electrons. The first-order chi connectivity index (χ1) is 17.9. The molecule has 0 aromatic heterocycles.